The maximum absolute atomic E-state index is 13.7. The molecule has 2 aromatic rings. The first-order valence-corrected chi connectivity index (χ1v) is 27.1. The highest BCUT2D eigenvalue weighted by Gasteiger charge is 2.25. The van der Waals surface area contributed by atoms with Gasteiger partial charge in [-0.1, -0.05) is 12.1 Å². The van der Waals surface area contributed by atoms with E-state index in [9.17, 15) is 67.2 Å². The molecule has 422 valence electrons. The summed E-state index contributed by atoms with van der Waals surface area (Å²) < 4.78 is 59.3. The zero-order valence-corrected chi connectivity index (χ0v) is 44.3. The van der Waals surface area contributed by atoms with E-state index >= 15 is 0 Å². The summed E-state index contributed by atoms with van der Waals surface area (Å²) >= 11 is -2.08. The lowest BCUT2D eigenvalue weighted by molar-refractivity contribution is -0.140. The van der Waals surface area contributed by atoms with E-state index < -0.39 is 54.7 Å². The van der Waals surface area contributed by atoms with Gasteiger partial charge < -0.3 is 59.3 Å². The minimum atomic E-state index is -4.83. The number of hydrogen-bond acceptors (Lipinski definition) is 17. The van der Waals surface area contributed by atoms with E-state index in [0.29, 0.717) is 86.2 Å². The average molecular weight is 1100 g/mol. The second-order valence-corrected chi connectivity index (χ2v) is 19.7. The second kappa shape index (κ2) is 35.2. The molecule has 3 amide bonds. The molecule has 0 radical (unpaired) electrons. The Kier molecular flexibility index (Phi) is 30.1. The molecule has 28 heteroatoms. The predicted octanol–water partition coefficient (Wildman–Crippen LogP) is -0.220. The molecule has 0 spiro atoms. The van der Waals surface area contributed by atoms with Crippen LogP contribution in [-0.4, -0.2) is 233 Å². The van der Waals surface area contributed by atoms with E-state index in [1.54, 1.807) is 45.6 Å². The minimum Gasteiger partial charge on any atom is -0.494 e. The maximum Gasteiger partial charge on any atom is 0.524 e. The topological polar surface area (TPSA) is 353 Å². The third-order valence-corrected chi connectivity index (χ3v) is 12.8. The smallest absolute Gasteiger partial charge is 0.494 e. The van der Waals surface area contributed by atoms with Crippen molar-refractivity contribution in [2.75, 3.05) is 138 Å². The van der Waals surface area contributed by atoms with Gasteiger partial charge in [0.15, 0.2) is 11.1 Å². The summed E-state index contributed by atoms with van der Waals surface area (Å²) in [6, 6.07) is 7.88. The molecular formula is C47H74N7O19PS. The van der Waals surface area contributed by atoms with Crippen LogP contribution in [0.25, 0.3) is 0 Å². The van der Waals surface area contributed by atoms with Crippen molar-refractivity contribution in [3.8, 4) is 11.5 Å². The Bertz CT molecular complexity index is 2130. The van der Waals surface area contributed by atoms with Crippen LogP contribution >= 0.6 is 7.82 Å². The largest absolute Gasteiger partial charge is 0.524 e. The Hall–Kier alpha value is -5.16. The molecule has 0 aliphatic carbocycles. The SMILES string of the molecule is Cc1cc(OCCCC(=O)NCCCOCCOCCOCCCNC(=O)[C@@H](Cc2ccc(OP(=O)(O)O)cc2)NC(=O)CN2CCN(CC(=O)O)CCN(CC(=O)O)CCN(CC(=O)O)CC2)cc(C)c1S(=O)O. The molecule has 0 aromatic heterocycles. The van der Waals surface area contributed by atoms with Crippen molar-refractivity contribution in [3.05, 3.63) is 53.1 Å². The molecule has 75 heavy (non-hydrogen) atoms. The summed E-state index contributed by atoms with van der Waals surface area (Å²) in [6.07, 6.45) is 1.79. The number of phosphoric acid groups is 1. The summed E-state index contributed by atoms with van der Waals surface area (Å²) in [5, 5.41) is 37.0. The number of ether oxygens (including phenoxy) is 4. The molecule has 1 aliphatic heterocycles. The highest BCUT2D eigenvalue weighted by Crippen LogP contribution is 2.37. The number of rotatable bonds is 34. The number of amides is 3. The van der Waals surface area contributed by atoms with Gasteiger partial charge in [-0.15, -0.1) is 0 Å². The number of aryl methyl sites for hydroxylation is 2. The summed E-state index contributed by atoms with van der Waals surface area (Å²) in [7, 11) is -4.83. The second-order valence-electron chi connectivity index (χ2n) is 17.6. The molecule has 1 unspecified atom stereocenters. The van der Waals surface area contributed by atoms with E-state index in [2.05, 4.69) is 20.5 Å². The zero-order chi connectivity index (χ0) is 55.2. The van der Waals surface area contributed by atoms with Gasteiger partial charge in [0.05, 0.1) is 64.1 Å². The number of phosphoric ester groups is 1. The van der Waals surface area contributed by atoms with Crippen molar-refractivity contribution < 1.29 is 90.7 Å². The fourth-order valence-corrected chi connectivity index (χ4v) is 8.80. The third-order valence-electron chi connectivity index (χ3n) is 11.3. The van der Waals surface area contributed by atoms with E-state index in [4.69, 9.17) is 18.9 Å². The fraction of sp³-hybridized carbons (Fsp3) is 0.617. The van der Waals surface area contributed by atoms with Gasteiger partial charge in [-0.3, -0.25) is 58.2 Å². The Balaban J connectivity index is 1.40. The molecule has 0 saturated carbocycles. The molecule has 26 nitrogen and oxygen atoms in total. The first kappa shape index (κ1) is 64.1. The van der Waals surface area contributed by atoms with E-state index in [1.165, 1.54) is 24.3 Å². The van der Waals surface area contributed by atoms with E-state index in [1.807, 2.05) is 0 Å². The van der Waals surface area contributed by atoms with Crippen LogP contribution in [0, 0.1) is 13.8 Å². The van der Waals surface area contributed by atoms with Crippen LogP contribution in [0.5, 0.6) is 11.5 Å². The van der Waals surface area contributed by atoms with Crippen molar-refractivity contribution in [1.82, 2.24) is 35.6 Å². The predicted molar refractivity (Wildman–Crippen MR) is 271 cm³/mol. The van der Waals surface area contributed by atoms with Gasteiger partial charge in [0.25, 0.3) is 0 Å². The van der Waals surface area contributed by atoms with Crippen LogP contribution in [0.4, 0.5) is 0 Å². The van der Waals surface area contributed by atoms with E-state index in [0.717, 1.165) is 0 Å². The monoisotopic (exact) mass is 1100 g/mol. The summed E-state index contributed by atoms with van der Waals surface area (Å²) in [4.78, 5) is 99.8. The minimum absolute atomic E-state index is 0.0257. The van der Waals surface area contributed by atoms with Gasteiger partial charge >= 0.3 is 25.7 Å². The summed E-state index contributed by atoms with van der Waals surface area (Å²) in [5.41, 5.74) is 1.84. The highest BCUT2D eigenvalue weighted by atomic mass is 32.2. The molecule has 1 saturated heterocycles. The van der Waals surface area contributed by atoms with Crippen LogP contribution < -0.4 is 25.2 Å². The summed E-state index contributed by atoms with van der Waals surface area (Å²) in [5.74, 6) is -4.00. The number of carboxylic acids is 3. The summed E-state index contributed by atoms with van der Waals surface area (Å²) in [6.45, 7) is 6.67. The van der Waals surface area contributed by atoms with Gasteiger partial charge in [-0.2, -0.15) is 0 Å². The maximum atomic E-state index is 13.7. The van der Waals surface area contributed by atoms with Gasteiger partial charge in [-0.05, 0) is 74.1 Å². The van der Waals surface area contributed by atoms with Crippen LogP contribution in [-0.2, 0) is 65.0 Å². The van der Waals surface area contributed by atoms with Gasteiger partial charge in [0, 0.05) is 91.5 Å². The zero-order valence-electron chi connectivity index (χ0n) is 42.6. The third kappa shape index (κ3) is 29.1. The quantitative estimate of drug-likeness (QED) is 0.0248. The lowest BCUT2D eigenvalue weighted by Gasteiger charge is -2.33. The van der Waals surface area contributed by atoms with Gasteiger partial charge in [0.2, 0.25) is 17.7 Å². The molecule has 1 fully saturated rings. The Labute approximate surface area is 438 Å². The molecule has 9 N–H and O–H groups in total. The highest BCUT2D eigenvalue weighted by molar-refractivity contribution is 7.79. The first-order chi connectivity index (χ1) is 35.7. The molecular weight excluding hydrogens is 1030 g/mol. The van der Waals surface area contributed by atoms with Crippen molar-refractivity contribution in [2.24, 2.45) is 0 Å². The number of nitrogens with one attached hydrogen (secondary N) is 3. The number of carbonyl (C=O) groups is 6. The number of benzene rings is 2. The van der Waals surface area contributed by atoms with Crippen LogP contribution in [0.2, 0.25) is 0 Å². The lowest BCUT2D eigenvalue weighted by atomic mass is 10.0. The molecule has 3 rings (SSSR count). The molecule has 0 bridgehead atoms. The van der Waals surface area contributed by atoms with E-state index in [-0.39, 0.29) is 123 Å². The van der Waals surface area contributed by atoms with Crippen molar-refractivity contribution in [1.29, 1.82) is 0 Å². The standard InChI is InChI=1S/C47H74N7O19PS/c1-35-28-39(29-36(2)46(35)75(67)68)72-23-3-6-41(55)48-11-4-21-69-24-26-71-27-25-70-22-5-12-49-47(63)40(30-37-7-9-38(10-8-37)73-74(64,65)66)50-42(56)31-51-13-15-52(32-43(57)58)17-19-54(34-45(61)62)20-18-53(16-14-51)33-44(59)60/h7-10,28-29,40H,3-6,11-27,30-34H2,1-2H3,(H,48,55)(H,49,63)(H,50,56)(H,57,58)(H,59,60)(H,61,62)(H,67,68)(H2,64,65,66)/t40-/m1/s1. The molecule has 2 aromatic carbocycles. The van der Waals surface area contributed by atoms with Crippen LogP contribution in [0.1, 0.15) is 42.4 Å². The Morgan fingerprint density at radius 2 is 1.05 bits per heavy atom. The normalized spacial score (nSPS) is 15.4. The van der Waals surface area contributed by atoms with Gasteiger partial charge in [0.1, 0.15) is 17.5 Å². The number of carboxylic acid groups (broad SMARTS) is 3. The number of carbonyl (C=O) groups excluding carboxylic acids is 3. The van der Waals surface area contributed by atoms with Gasteiger partial charge in [-0.25, -0.2) is 8.77 Å². The lowest BCUT2D eigenvalue weighted by Crippen LogP contribution is -2.53. The molecule has 1 heterocycles. The van der Waals surface area contributed by atoms with Crippen molar-refractivity contribution in [3.63, 3.8) is 0 Å². The van der Waals surface area contributed by atoms with Crippen molar-refractivity contribution >= 4 is 54.5 Å². The number of aliphatic carboxylic acids is 3. The Morgan fingerprint density at radius 3 is 1.49 bits per heavy atom. The number of nitrogens with zero attached hydrogens (tertiary/aromatic N) is 4. The number of hydrogen-bond donors (Lipinski definition) is 9. The Morgan fingerprint density at radius 1 is 0.613 bits per heavy atom. The van der Waals surface area contributed by atoms with Crippen LogP contribution in [0.3, 0.4) is 0 Å². The van der Waals surface area contributed by atoms with Crippen LogP contribution in [0.15, 0.2) is 41.3 Å². The first-order valence-electron chi connectivity index (χ1n) is 24.5. The fourth-order valence-electron chi connectivity index (χ4n) is 7.73. The average Bonchev–Trinajstić information content (AvgIpc) is 3.31. The molecule has 1 aliphatic rings. The van der Waals surface area contributed by atoms with Crippen molar-refractivity contribution in [2.45, 2.75) is 56.9 Å². The molecule has 2 atom stereocenters.